The number of carbonyl (C=O) groups is 1. The number of hydrogen-bond donors (Lipinski definition) is 1. The maximum absolute atomic E-state index is 12.5. The Morgan fingerprint density at radius 3 is 2.81 bits per heavy atom. The molecule has 2 bridgehead atoms. The number of benzene rings is 2. The number of nitrogens with one attached hydrogen (secondary N) is 1. The Balaban J connectivity index is 1.50. The van der Waals surface area contributed by atoms with Crippen LogP contribution in [0.1, 0.15) is 23.2 Å². The van der Waals surface area contributed by atoms with E-state index in [9.17, 15) is 4.79 Å². The van der Waals surface area contributed by atoms with E-state index in [1.165, 1.54) is 24.9 Å². The first kappa shape index (κ1) is 12.8. The van der Waals surface area contributed by atoms with Crippen LogP contribution in [0.5, 0.6) is 0 Å². The summed E-state index contributed by atoms with van der Waals surface area (Å²) in [6.45, 7) is 3.44. The summed E-state index contributed by atoms with van der Waals surface area (Å²) in [7, 11) is 0. The molecule has 0 aliphatic carbocycles. The zero-order valence-corrected chi connectivity index (χ0v) is 12.1. The van der Waals surface area contributed by atoms with Gasteiger partial charge in [0.25, 0.3) is 5.91 Å². The van der Waals surface area contributed by atoms with Crippen molar-refractivity contribution in [2.75, 3.05) is 19.6 Å². The highest BCUT2D eigenvalue weighted by Gasteiger charge is 2.32. The molecule has 108 valence electrons. The normalized spacial score (nSPS) is 27.7. The highest BCUT2D eigenvalue weighted by atomic mass is 16.1. The summed E-state index contributed by atoms with van der Waals surface area (Å²) in [6.07, 6.45) is 2.43. The first-order chi connectivity index (χ1) is 10.3. The molecule has 2 aromatic carbocycles. The van der Waals surface area contributed by atoms with Crippen LogP contribution in [-0.4, -0.2) is 36.5 Å². The van der Waals surface area contributed by atoms with Gasteiger partial charge in [-0.05, 0) is 48.2 Å². The molecule has 2 aromatic rings. The molecule has 1 N–H and O–H groups in total. The lowest BCUT2D eigenvalue weighted by Crippen LogP contribution is -2.47. The molecule has 2 fully saturated rings. The second-order valence-electron chi connectivity index (χ2n) is 6.38. The van der Waals surface area contributed by atoms with Crippen LogP contribution in [0.2, 0.25) is 0 Å². The fraction of sp³-hybridized carbons (Fsp3) is 0.389. The van der Waals surface area contributed by atoms with E-state index in [1.54, 1.807) is 0 Å². The summed E-state index contributed by atoms with van der Waals surface area (Å²) >= 11 is 0. The third-order valence-corrected chi connectivity index (χ3v) is 4.81. The van der Waals surface area contributed by atoms with Gasteiger partial charge in [0.2, 0.25) is 0 Å². The van der Waals surface area contributed by atoms with Crippen LogP contribution in [0.3, 0.4) is 0 Å². The first-order valence-electron chi connectivity index (χ1n) is 7.80. The van der Waals surface area contributed by atoms with Crippen molar-refractivity contribution in [3.63, 3.8) is 0 Å². The Morgan fingerprint density at radius 1 is 1.10 bits per heavy atom. The summed E-state index contributed by atoms with van der Waals surface area (Å²) in [5, 5.41) is 5.52. The number of rotatable bonds is 2. The number of piperidine rings is 1. The fourth-order valence-electron chi connectivity index (χ4n) is 3.76. The van der Waals surface area contributed by atoms with Crippen LogP contribution in [0.15, 0.2) is 42.5 Å². The van der Waals surface area contributed by atoms with E-state index in [1.807, 2.05) is 30.3 Å². The molecule has 0 radical (unpaired) electrons. The van der Waals surface area contributed by atoms with Gasteiger partial charge >= 0.3 is 0 Å². The molecule has 2 aliphatic rings. The van der Waals surface area contributed by atoms with Gasteiger partial charge in [-0.15, -0.1) is 0 Å². The van der Waals surface area contributed by atoms with Crippen molar-refractivity contribution in [3.05, 3.63) is 48.0 Å². The number of carbonyl (C=O) groups excluding carboxylic acids is 1. The number of hydrogen-bond acceptors (Lipinski definition) is 2. The summed E-state index contributed by atoms with van der Waals surface area (Å²) in [5.41, 5.74) is 0.765. The molecular weight excluding hydrogens is 260 g/mol. The van der Waals surface area contributed by atoms with Crippen molar-refractivity contribution in [3.8, 4) is 0 Å². The number of amides is 1. The molecule has 0 saturated carbocycles. The van der Waals surface area contributed by atoms with Crippen molar-refractivity contribution >= 4 is 16.7 Å². The van der Waals surface area contributed by atoms with Gasteiger partial charge in [-0.1, -0.05) is 30.3 Å². The van der Waals surface area contributed by atoms with Crippen LogP contribution >= 0.6 is 0 Å². The Bertz CT molecular complexity index is 670. The minimum absolute atomic E-state index is 0.0632. The molecule has 3 atom stereocenters. The second-order valence-corrected chi connectivity index (χ2v) is 6.38. The minimum Gasteiger partial charge on any atom is -0.348 e. The molecule has 3 nitrogen and oxygen atoms in total. The molecule has 3 heteroatoms. The lowest BCUT2D eigenvalue weighted by Gasteiger charge is -2.30. The van der Waals surface area contributed by atoms with Gasteiger partial charge in [-0.2, -0.15) is 0 Å². The zero-order valence-electron chi connectivity index (χ0n) is 12.1. The van der Waals surface area contributed by atoms with Gasteiger partial charge in [0.15, 0.2) is 0 Å². The standard InChI is InChI=1S/C18H20N2O/c21-18(19-17-9-13-7-8-20(11-13)12-17)16-6-5-14-3-1-2-4-15(14)10-16/h1-6,10,13,17H,7-9,11-12H2,(H,19,21). The smallest absolute Gasteiger partial charge is 0.251 e. The predicted molar refractivity (Wildman–Crippen MR) is 84.4 cm³/mol. The Morgan fingerprint density at radius 2 is 1.95 bits per heavy atom. The maximum atomic E-state index is 12.5. The molecule has 1 amide bonds. The van der Waals surface area contributed by atoms with Crippen molar-refractivity contribution in [2.24, 2.45) is 5.92 Å². The van der Waals surface area contributed by atoms with Crippen molar-refractivity contribution in [1.29, 1.82) is 0 Å². The molecular formula is C18H20N2O. The van der Waals surface area contributed by atoms with E-state index in [4.69, 9.17) is 0 Å². The average Bonchev–Trinajstić information content (AvgIpc) is 2.85. The van der Waals surface area contributed by atoms with Crippen LogP contribution < -0.4 is 5.32 Å². The highest BCUT2D eigenvalue weighted by Crippen LogP contribution is 2.27. The SMILES string of the molecule is O=C(NC1CC2CCN(C2)C1)c1ccc2ccccc2c1. The third kappa shape index (κ3) is 2.54. The average molecular weight is 280 g/mol. The summed E-state index contributed by atoms with van der Waals surface area (Å²) in [5.74, 6) is 0.842. The monoisotopic (exact) mass is 280 g/mol. The van der Waals surface area contributed by atoms with Crippen molar-refractivity contribution < 1.29 is 4.79 Å². The van der Waals surface area contributed by atoms with Crippen LogP contribution in [0, 0.1) is 5.92 Å². The summed E-state index contributed by atoms with van der Waals surface area (Å²) in [6, 6.07) is 14.4. The molecule has 2 saturated heterocycles. The van der Waals surface area contributed by atoms with Gasteiger partial charge < -0.3 is 10.2 Å². The fourth-order valence-corrected chi connectivity index (χ4v) is 3.76. The molecule has 0 aromatic heterocycles. The Kier molecular flexibility index (Phi) is 3.15. The second kappa shape index (κ2) is 5.15. The number of fused-ring (bicyclic) bond motifs is 3. The predicted octanol–water partition coefficient (Wildman–Crippen LogP) is 2.66. The zero-order chi connectivity index (χ0) is 14.2. The van der Waals surface area contributed by atoms with E-state index in [-0.39, 0.29) is 5.91 Å². The van der Waals surface area contributed by atoms with Gasteiger partial charge in [-0.3, -0.25) is 4.79 Å². The first-order valence-corrected chi connectivity index (χ1v) is 7.80. The molecule has 2 heterocycles. The minimum atomic E-state index is 0.0632. The quantitative estimate of drug-likeness (QED) is 0.917. The lowest BCUT2D eigenvalue weighted by molar-refractivity contribution is 0.0909. The van der Waals surface area contributed by atoms with Gasteiger partial charge in [0, 0.05) is 24.7 Å². The molecule has 21 heavy (non-hydrogen) atoms. The largest absolute Gasteiger partial charge is 0.348 e. The summed E-state index contributed by atoms with van der Waals surface area (Å²) in [4.78, 5) is 14.9. The Hall–Kier alpha value is -1.87. The topological polar surface area (TPSA) is 32.3 Å². The van der Waals surface area contributed by atoms with Crippen LogP contribution in [-0.2, 0) is 0 Å². The van der Waals surface area contributed by atoms with E-state index in [0.29, 0.717) is 6.04 Å². The van der Waals surface area contributed by atoms with Crippen LogP contribution in [0.25, 0.3) is 10.8 Å². The summed E-state index contributed by atoms with van der Waals surface area (Å²) < 4.78 is 0. The van der Waals surface area contributed by atoms with E-state index < -0.39 is 0 Å². The lowest BCUT2D eigenvalue weighted by atomic mass is 9.96. The van der Waals surface area contributed by atoms with Gasteiger partial charge in [-0.25, -0.2) is 0 Å². The van der Waals surface area contributed by atoms with Crippen molar-refractivity contribution in [2.45, 2.75) is 18.9 Å². The van der Waals surface area contributed by atoms with Crippen LogP contribution in [0.4, 0.5) is 0 Å². The molecule has 0 spiro atoms. The van der Waals surface area contributed by atoms with Gasteiger partial charge in [0.1, 0.15) is 0 Å². The van der Waals surface area contributed by atoms with E-state index in [0.717, 1.165) is 29.8 Å². The van der Waals surface area contributed by atoms with Gasteiger partial charge in [0.05, 0.1) is 0 Å². The van der Waals surface area contributed by atoms with E-state index >= 15 is 0 Å². The number of nitrogens with zero attached hydrogens (tertiary/aromatic N) is 1. The third-order valence-electron chi connectivity index (χ3n) is 4.81. The molecule has 3 unspecified atom stereocenters. The molecule has 2 aliphatic heterocycles. The highest BCUT2D eigenvalue weighted by molar-refractivity contribution is 5.98. The Labute approximate surface area is 124 Å². The maximum Gasteiger partial charge on any atom is 0.251 e. The van der Waals surface area contributed by atoms with E-state index in [2.05, 4.69) is 22.3 Å². The molecule has 4 rings (SSSR count). The van der Waals surface area contributed by atoms with Crippen molar-refractivity contribution in [1.82, 2.24) is 10.2 Å².